The van der Waals surface area contributed by atoms with Crippen molar-refractivity contribution in [2.45, 2.75) is 59.1 Å². The molecule has 0 radical (unpaired) electrons. The van der Waals surface area contributed by atoms with Gasteiger partial charge in [-0.3, -0.25) is 14.5 Å². The van der Waals surface area contributed by atoms with Crippen LogP contribution >= 0.6 is 11.8 Å². The van der Waals surface area contributed by atoms with Gasteiger partial charge in [-0.25, -0.2) is 9.07 Å². The number of aromatic nitrogens is 2. The third-order valence-corrected chi connectivity index (χ3v) is 7.80. The van der Waals surface area contributed by atoms with Crippen molar-refractivity contribution in [1.82, 2.24) is 15.1 Å². The third-order valence-electron chi connectivity index (χ3n) is 6.54. The van der Waals surface area contributed by atoms with Crippen LogP contribution in [0.5, 0.6) is 0 Å². The van der Waals surface area contributed by atoms with Gasteiger partial charge in [0, 0.05) is 17.5 Å². The smallest absolute Gasteiger partial charge is 0.240 e. The zero-order valence-corrected chi connectivity index (χ0v) is 24.1. The number of amides is 2. The standard InChI is InChI=1S/C30H37FN4O2S/c1-18(2)15-32-24(36)16-34-25(37)17-38-27(21-9-8-10-22(31)14-21)26-28(30(5,6)7)33-35(29(26)34)23-12-11-19(3)13-20(23)4/h8-14,18,27H,15-17H2,1-7H3,(H,32,36). The number of carbonyl (C=O) groups excluding carboxylic acids is 2. The molecule has 0 fully saturated rings. The van der Waals surface area contributed by atoms with Crippen molar-refractivity contribution >= 4 is 29.4 Å². The molecule has 1 atom stereocenters. The fourth-order valence-electron chi connectivity index (χ4n) is 4.73. The highest BCUT2D eigenvalue weighted by Gasteiger charge is 2.40. The average Bonchev–Trinajstić information content (AvgIpc) is 3.15. The van der Waals surface area contributed by atoms with Gasteiger partial charge in [-0.2, -0.15) is 5.10 Å². The first kappa shape index (κ1) is 27.9. The Hall–Kier alpha value is -3.13. The number of anilines is 1. The van der Waals surface area contributed by atoms with Gasteiger partial charge in [0.15, 0.2) is 0 Å². The van der Waals surface area contributed by atoms with Gasteiger partial charge in [0.05, 0.1) is 22.4 Å². The quantitative estimate of drug-likeness (QED) is 0.428. The topological polar surface area (TPSA) is 67.2 Å². The third kappa shape index (κ3) is 5.80. The van der Waals surface area contributed by atoms with Crippen LogP contribution < -0.4 is 10.2 Å². The van der Waals surface area contributed by atoms with Gasteiger partial charge in [-0.05, 0) is 49.1 Å². The Morgan fingerprint density at radius 2 is 1.92 bits per heavy atom. The van der Waals surface area contributed by atoms with E-state index in [0.717, 1.165) is 33.6 Å². The van der Waals surface area contributed by atoms with Crippen LogP contribution in [0.15, 0.2) is 42.5 Å². The summed E-state index contributed by atoms with van der Waals surface area (Å²) >= 11 is 1.45. The fraction of sp³-hybridized carbons (Fsp3) is 0.433. The molecule has 2 aromatic carbocycles. The lowest BCUT2D eigenvalue weighted by Crippen LogP contribution is -2.43. The van der Waals surface area contributed by atoms with E-state index < -0.39 is 0 Å². The second-order valence-electron chi connectivity index (χ2n) is 11.5. The van der Waals surface area contributed by atoms with Crippen LogP contribution in [0.4, 0.5) is 10.2 Å². The second kappa shape index (κ2) is 10.9. The molecule has 0 saturated carbocycles. The molecule has 1 unspecified atom stereocenters. The van der Waals surface area contributed by atoms with Gasteiger partial charge in [0.2, 0.25) is 11.8 Å². The summed E-state index contributed by atoms with van der Waals surface area (Å²) in [7, 11) is 0. The lowest BCUT2D eigenvalue weighted by Gasteiger charge is -2.25. The van der Waals surface area contributed by atoms with Crippen molar-refractivity contribution in [3.05, 3.63) is 76.2 Å². The number of carbonyl (C=O) groups is 2. The molecule has 1 aliphatic heterocycles. The summed E-state index contributed by atoms with van der Waals surface area (Å²) in [6, 6.07) is 12.6. The molecule has 2 amide bonds. The van der Waals surface area contributed by atoms with Gasteiger partial charge < -0.3 is 5.32 Å². The molecule has 6 nitrogen and oxygen atoms in total. The van der Waals surface area contributed by atoms with E-state index in [1.165, 1.54) is 23.9 Å². The molecule has 38 heavy (non-hydrogen) atoms. The molecule has 3 aromatic rings. The van der Waals surface area contributed by atoms with Gasteiger partial charge in [0.1, 0.15) is 18.2 Å². The number of hydrogen-bond acceptors (Lipinski definition) is 4. The van der Waals surface area contributed by atoms with Crippen LogP contribution in [0.3, 0.4) is 0 Å². The molecular weight excluding hydrogens is 499 g/mol. The molecule has 4 rings (SSSR count). The Labute approximate surface area is 229 Å². The van der Waals surface area contributed by atoms with E-state index in [0.29, 0.717) is 12.4 Å². The van der Waals surface area contributed by atoms with Crippen molar-refractivity contribution in [3.63, 3.8) is 0 Å². The zero-order chi connectivity index (χ0) is 27.8. The number of aryl methyl sites for hydroxylation is 2. The summed E-state index contributed by atoms with van der Waals surface area (Å²) in [5.41, 5.74) is 5.01. The number of thioether (sulfide) groups is 1. The number of nitrogens with one attached hydrogen (secondary N) is 1. The van der Waals surface area contributed by atoms with Crippen LogP contribution in [0.2, 0.25) is 0 Å². The Morgan fingerprint density at radius 1 is 1.18 bits per heavy atom. The molecule has 1 N–H and O–H groups in total. The van der Waals surface area contributed by atoms with Gasteiger partial charge in [-0.1, -0.05) is 64.4 Å². The van der Waals surface area contributed by atoms with Crippen molar-refractivity contribution in [2.75, 3.05) is 23.7 Å². The zero-order valence-electron chi connectivity index (χ0n) is 23.3. The van der Waals surface area contributed by atoms with E-state index >= 15 is 0 Å². The molecule has 0 spiro atoms. The van der Waals surface area contributed by atoms with Gasteiger partial charge in [-0.15, -0.1) is 11.8 Å². The minimum absolute atomic E-state index is 0.116. The van der Waals surface area contributed by atoms with Gasteiger partial charge >= 0.3 is 0 Å². The van der Waals surface area contributed by atoms with Gasteiger partial charge in [0.25, 0.3) is 0 Å². The normalized spacial score (nSPS) is 16.0. The highest BCUT2D eigenvalue weighted by Crippen LogP contribution is 2.48. The highest BCUT2D eigenvalue weighted by atomic mass is 32.2. The number of fused-ring (bicyclic) bond motifs is 1. The first-order valence-electron chi connectivity index (χ1n) is 13.0. The molecule has 0 saturated heterocycles. The second-order valence-corrected chi connectivity index (χ2v) is 12.6. The molecule has 0 aliphatic carbocycles. The SMILES string of the molecule is Cc1ccc(-n2nc(C(C)(C)C)c3c2N(CC(=O)NCC(C)C)C(=O)CSC3c2cccc(F)c2)c(C)c1. The average molecular weight is 537 g/mol. The minimum Gasteiger partial charge on any atom is -0.354 e. The summed E-state index contributed by atoms with van der Waals surface area (Å²) in [6.07, 6.45) is 0. The predicted octanol–water partition coefficient (Wildman–Crippen LogP) is 5.87. The van der Waals surface area contributed by atoms with Crippen LogP contribution in [-0.2, 0) is 15.0 Å². The first-order valence-corrected chi connectivity index (χ1v) is 14.1. The Balaban J connectivity index is 2.00. The Morgan fingerprint density at radius 3 is 2.55 bits per heavy atom. The maximum absolute atomic E-state index is 14.4. The molecule has 8 heteroatoms. The summed E-state index contributed by atoms with van der Waals surface area (Å²) in [4.78, 5) is 28.3. The summed E-state index contributed by atoms with van der Waals surface area (Å²) in [5.74, 6) is 0.286. The maximum atomic E-state index is 14.4. The summed E-state index contributed by atoms with van der Waals surface area (Å²) in [5, 5.41) is 7.73. The number of benzene rings is 2. The lowest BCUT2D eigenvalue weighted by atomic mass is 9.87. The van der Waals surface area contributed by atoms with Crippen molar-refractivity contribution in [2.24, 2.45) is 5.92 Å². The van der Waals surface area contributed by atoms with E-state index in [2.05, 4.69) is 32.2 Å². The lowest BCUT2D eigenvalue weighted by molar-refractivity contribution is -0.123. The fourth-order valence-corrected chi connectivity index (χ4v) is 5.92. The molecule has 202 valence electrons. The molecule has 1 aliphatic rings. The maximum Gasteiger partial charge on any atom is 0.240 e. The van der Waals surface area contributed by atoms with E-state index in [1.807, 2.05) is 50.6 Å². The summed E-state index contributed by atoms with van der Waals surface area (Å²) < 4.78 is 16.2. The molecule has 2 heterocycles. The van der Waals surface area contributed by atoms with E-state index in [9.17, 15) is 14.0 Å². The Bertz CT molecular complexity index is 1360. The minimum atomic E-state index is -0.376. The van der Waals surface area contributed by atoms with Crippen molar-refractivity contribution in [3.8, 4) is 5.69 Å². The van der Waals surface area contributed by atoms with Crippen LogP contribution in [0, 0.1) is 25.6 Å². The van der Waals surface area contributed by atoms with Crippen molar-refractivity contribution in [1.29, 1.82) is 0 Å². The monoisotopic (exact) mass is 536 g/mol. The Kier molecular flexibility index (Phi) is 8.02. The first-order chi connectivity index (χ1) is 17.9. The number of rotatable bonds is 6. The highest BCUT2D eigenvalue weighted by molar-refractivity contribution is 8.00. The molecular formula is C30H37FN4O2S. The molecule has 0 bridgehead atoms. The predicted molar refractivity (Wildman–Crippen MR) is 153 cm³/mol. The van der Waals surface area contributed by atoms with E-state index in [-0.39, 0.29) is 46.5 Å². The number of halogens is 1. The van der Waals surface area contributed by atoms with Crippen LogP contribution in [-0.4, -0.2) is 40.4 Å². The van der Waals surface area contributed by atoms with E-state index in [1.54, 1.807) is 11.0 Å². The number of hydrogen-bond donors (Lipinski definition) is 1. The largest absolute Gasteiger partial charge is 0.354 e. The summed E-state index contributed by atoms with van der Waals surface area (Å²) in [6.45, 7) is 14.8. The van der Waals surface area contributed by atoms with E-state index in [4.69, 9.17) is 5.10 Å². The number of nitrogens with zero attached hydrogens (tertiary/aromatic N) is 3. The van der Waals surface area contributed by atoms with Crippen LogP contribution in [0.25, 0.3) is 5.69 Å². The van der Waals surface area contributed by atoms with Crippen molar-refractivity contribution < 1.29 is 14.0 Å². The van der Waals surface area contributed by atoms with Crippen LogP contribution in [0.1, 0.15) is 67.8 Å². The molecule has 1 aromatic heterocycles.